The fourth-order valence-corrected chi connectivity index (χ4v) is 5.34. The van der Waals surface area contributed by atoms with Crippen LogP contribution in [0.3, 0.4) is 0 Å². The lowest BCUT2D eigenvalue weighted by Crippen LogP contribution is -3.00. The largest absolute Gasteiger partial charge is 1.00 e. The van der Waals surface area contributed by atoms with Gasteiger partial charge in [-0.25, -0.2) is 0 Å². The van der Waals surface area contributed by atoms with E-state index in [4.69, 9.17) is 0 Å². The molecule has 0 fully saturated rings. The zero-order valence-electron chi connectivity index (χ0n) is 21.6. The number of ketones is 1. The van der Waals surface area contributed by atoms with Gasteiger partial charge in [-0.15, -0.1) is 0 Å². The summed E-state index contributed by atoms with van der Waals surface area (Å²) in [5.74, 6) is 0.516. The van der Waals surface area contributed by atoms with Gasteiger partial charge in [0, 0.05) is 28.8 Å². The lowest BCUT2D eigenvalue weighted by atomic mass is 10.0. The van der Waals surface area contributed by atoms with Crippen LogP contribution < -0.4 is 21.5 Å². The minimum atomic E-state index is 0. The number of hydrogen-bond acceptors (Lipinski definition) is 2. The highest BCUT2D eigenvalue weighted by Gasteiger charge is 2.23. The highest BCUT2D eigenvalue weighted by atomic mass is 79.9. The average Bonchev–Trinajstić information content (AvgIpc) is 2.94. The number of rotatable bonds is 8. The van der Waals surface area contributed by atoms with Gasteiger partial charge in [-0.2, -0.15) is 4.57 Å². The first-order valence-corrected chi connectivity index (χ1v) is 13.5. The van der Waals surface area contributed by atoms with E-state index in [1.807, 2.05) is 43.3 Å². The maximum Gasteiger partial charge on any atom is 0.241 e. The average molecular weight is 581 g/mol. The van der Waals surface area contributed by atoms with Gasteiger partial charge >= 0.3 is 0 Å². The van der Waals surface area contributed by atoms with Gasteiger partial charge in [0.1, 0.15) is 0 Å². The molecule has 2 nitrogen and oxygen atoms in total. The molecule has 0 radical (unpaired) electrons. The second-order valence-corrected chi connectivity index (χ2v) is 10.3. The van der Waals surface area contributed by atoms with Gasteiger partial charge < -0.3 is 17.0 Å². The molecule has 0 amide bonds. The Balaban J connectivity index is 0.00000336. The minimum Gasteiger partial charge on any atom is -1.00 e. The van der Waals surface area contributed by atoms with Crippen molar-refractivity contribution in [1.29, 1.82) is 0 Å². The van der Waals surface area contributed by atoms with Crippen molar-refractivity contribution in [2.45, 2.75) is 25.4 Å². The van der Waals surface area contributed by atoms with Crippen LogP contribution in [0.2, 0.25) is 0 Å². The number of benzene rings is 4. The van der Waals surface area contributed by atoms with Crippen molar-refractivity contribution in [1.82, 2.24) is 0 Å². The molecule has 0 aliphatic rings. The fourth-order valence-electron chi connectivity index (χ4n) is 4.36. The molecule has 0 N–H and O–H groups in total. The Morgan fingerprint density at radius 2 is 1.21 bits per heavy atom. The molecule has 0 atom stereocenters. The van der Waals surface area contributed by atoms with Crippen LogP contribution in [0.5, 0.6) is 0 Å². The molecule has 190 valence electrons. The summed E-state index contributed by atoms with van der Waals surface area (Å²) >= 11 is 1.61. The van der Waals surface area contributed by atoms with E-state index in [0.717, 1.165) is 45.1 Å². The Hall–Kier alpha value is -3.47. The normalized spacial score (nSPS) is 10.6. The molecule has 38 heavy (non-hydrogen) atoms. The van der Waals surface area contributed by atoms with Crippen LogP contribution in [-0.2, 0) is 6.54 Å². The third-order valence-corrected chi connectivity index (χ3v) is 7.53. The third-order valence-electron chi connectivity index (χ3n) is 6.49. The van der Waals surface area contributed by atoms with Gasteiger partial charge in [0.15, 0.2) is 12.3 Å². The van der Waals surface area contributed by atoms with Gasteiger partial charge in [-0.3, -0.25) is 4.79 Å². The maximum absolute atomic E-state index is 13.1. The molecule has 0 bridgehead atoms. The topological polar surface area (TPSA) is 20.9 Å². The number of hydrogen-bond donors (Lipinski definition) is 0. The summed E-state index contributed by atoms with van der Waals surface area (Å²) in [6, 6.07) is 42.0. The van der Waals surface area contributed by atoms with Gasteiger partial charge in [0.05, 0.1) is 5.75 Å². The van der Waals surface area contributed by atoms with Crippen LogP contribution in [0.25, 0.3) is 22.4 Å². The van der Waals surface area contributed by atoms with E-state index in [-0.39, 0.29) is 22.8 Å². The second kappa shape index (κ2) is 12.9. The van der Waals surface area contributed by atoms with Crippen LogP contribution in [0.4, 0.5) is 0 Å². The highest BCUT2D eigenvalue weighted by Crippen LogP contribution is 2.29. The molecule has 1 heterocycles. The van der Waals surface area contributed by atoms with Crippen molar-refractivity contribution in [3.8, 4) is 22.4 Å². The van der Waals surface area contributed by atoms with Crippen LogP contribution in [0.15, 0.2) is 126 Å². The Bertz CT molecular complexity index is 1500. The van der Waals surface area contributed by atoms with Crippen molar-refractivity contribution in [2.75, 3.05) is 5.75 Å². The minimum absolute atomic E-state index is 0. The van der Waals surface area contributed by atoms with E-state index in [2.05, 4.69) is 96.4 Å². The molecular weight excluding hydrogens is 550 g/mol. The summed E-state index contributed by atoms with van der Waals surface area (Å²) in [6.07, 6.45) is 0. The summed E-state index contributed by atoms with van der Waals surface area (Å²) in [6.45, 7) is 4.87. The Labute approximate surface area is 240 Å². The summed E-state index contributed by atoms with van der Waals surface area (Å²) in [7, 11) is 0. The number of Topliss-reactive ketones (excluding diaryl/α,β-unsaturated/α-hetero) is 1. The summed E-state index contributed by atoms with van der Waals surface area (Å²) in [5.41, 5.74) is 8.97. The summed E-state index contributed by atoms with van der Waals surface area (Å²) < 4.78 is 2.35. The third kappa shape index (κ3) is 6.69. The quantitative estimate of drug-likeness (QED) is 0.147. The van der Waals surface area contributed by atoms with Gasteiger partial charge in [-0.05, 0) is 48.9 Å². The summed E-state index contributed by atoms with van der Waals surface area (Å²) in [5, 5.41) is 1.07. The first kappa shape index (κ1) is 27.6. The van der Waals surface area contributed by atoms with Gasteiger partial charge in [0.25, 0.3) is 0 Å². The van der Waals surface area contributed by atoms with E-state index in [9.17, 15) is 4.79 Å². The van der Waals surface area contributed by atoms with Crippen LogP contribution >= 0.6 is 11.8 Å². The van der Waals surface area contributed by atoms with Crippen molar-refractivity contribution < 1.29 is 26.3 Å². The zero-order valence-corrected chi connectivity index (χ0v) is 24.0. The molecule has 0 saturated heterocycles. The number of aromatic nitrogens is 1. The van der Waals surface area contributed by atoms with Gasteiger partial charge in [-0.1, -0.05) is 108 Å². The van der Waals surface area contributed by atoms with Crippen molar-refractivity contribution >= 4 is 17.5 Å². The lowest BCUT2D eigenvalue weighted by molar-refractivity contribution is -0.714. The Morgan fingerprint density at radius 1 is 0.658 bits per heavy atom. The number of carbonyl (C=O) groups is 1. The number of thioether (sulfide) groups is 1. The molecule has 0 aliphatic heterocycles. The second-order valence-electron chi connectivity index (χ2n) is 9.35. The van der Waals surface area contributed by atoms with E-state index in [0.29, 0.717) is 5.75 Å². The van der Waals surface area contributed by atoms with Crippen LogP contribution in [-0.4, -0.2) is 11.5 Å². The van der Waals surface area contributed by atoms with E-state index in [1.165, 1.54) is 11.1 Å². The molecule has 5 rings (SSSR count). The summed E-state index contributed by atoms with van der Waals surface area (Å²) in [4.78, 5) is 13.1. The Morgan fingerprint density at radius 3 is 1.82 bits per heavy atom. The molecular formula is C34H30BrNOS. The van der Waals surface area contributed by atoms with E-state index in [1.54, 1.807) is 11.8 Å². The molecule has 4 heteroatoms. The molecule has 0 aliphatic carbocycles. The number of aryl methyl sites for hydroxylation is 2. The van der Waals surface area contributed by atoms with Crippen molar-refractivity contribution in [2.24, 2.45) is 0 Å². The molecule has 1 aromatic heterocycles. The molecule has 5 aromatic rings. The lowest BCUT2D eigenvalue weighted by Gasteiger charge is -2.13. The molecule has 0 spiro atoms. The number of pyridine rings is 1. The monoisotopic (exact) mass is 579 g/mol. The standard InChI is InChI=1S/C34H30NOS.BrH/c1-25-13-17-27(18-14-25)23-35-32(29-11-7-4-8-12-29)21-31(28-9-5-3-6-10-28)22-34(35)37-24-33(36)30-19-15-26(2)16-20-30;/h3-22H,23-24H2,1-2H3;1H/q+1;/p-1. The first-order chi connectivity index (χ1) is 18.1. The van der Waals surface area contributed by atoms with Crippen LogP contribution in [0, 0.1) is 13.8 Å². The van der Waals surface area contributed by atoms with Crippen molar-refractivity contribution in [3.05, 3.63) is 144 Å². The first-order valence-electron chi connectivity index (χ1n) is 12.5. The van der Waals surface area contributed by atoms with E-state index >= 15 is 0 Å². The highest BCUT2D eigenvalue weighted by molar-refractivity contribution is 7.99. The maximum atomic E-state index is 13.1. The molecule has 0 saturated carbocycles. The predicted molar refractivity (Wildman–Crippen MR) is 154 cm³/mol. The zero-order chi connectivity index (χ0) is 25.6. The smallest absolute Gasteiger partial charge is 0.241 e. The van der Waals surface area contributed by atoms with E-state index < -0.39 is 0 Å². The fraction of sp³-hybridized carbons (Fsp3) is 0.118. The SMILES string of the molecule is Cc1ccc(C[n+]2c(SCC(=O)c3ccc(C)cc3)cc(-c3ccccc3)cc2-c2ccccc2)cc1.[Br-]. The molecule has 0 unspecified atom stereocenters. The number of carbonyl (C=O) groups excluding carboxylic acids is 1. The molecule has 4 aromatic carbocycles. The Kier molecular flexibility index (Phi) is 9.33. The van der Waals surface area contributed by atoms with Gasteiger partial charge in [0.2, 0.25) is 10.7 Å². The van der Waals surface area contributed by atoms with Crippen molar-refractivity contribution in [3.63, 3.8) is 0 Å². The van der Waals surface area contributed by atoms with Crippen LogP contribution in [0.1, 0.15) is 27.0 Å². The predicted octanol–water partition coefficient (Wildman–Crippen LogP) is 4.95. The number of nitrogens with zero attached hydrogens (tertiary/aromatic N) is 1. The number of halogens is 1.